The first-order valence-corrected chi connectivity index (χ1v) is 8.78. The van der Waals surface area contributed by atoms with Crippen molar-refractivity contribution in [1.82, 2.24) is 0 Å². The average molecular weight is 366 g/mol. The molecular formula is C21H18O6. The molecular weight excluding hydrogens is 348 g/mol. The van der Waals surface area contributed by atoms with E-state index in [1.165, 1.54) is 0 Å². The molecule has 4 rings (SSSR count). The normalized spacial score (nSPS) is 29.1. The van der Waals surface area contributed by atoms with Crippen molar-refractivity contribution >= 4 is 18.2 Å². The molecule has 27 heavy (non-hydrogen) atoms. The standard InChI is InChI=1S/C21H18O6/c22-11-16-15-10-17(23)26-20(18(15)24)19(16)27-21(25)14-8-6-13(7-9-14)12-4-2-1-3-5-12/h1-9,11,15-16,18-20,24H,10H2/t15?,16-,18-,19+,20?/m1/s1. The molecule has 2 aliphatic rings. The molecule has 1 aliphatic carbocycles. The third-order valence-electron chi connectivity index (χ3n) is 5.27. The molecule has 1 aliphatic heterocycles. The summed E-state index contributed by atoms with van der Waals surface area (Å²) in [5.74, 6) is -2.45. The van der Waals surface area contributed by atoms with E-state index in [0.29, 0.717) is 11.8 Å². The van der Waals surface area contributed by atoms with Crippen LogP contribution in [0.4, 0.5) is 0 Å². The summed E-state index contributed by atoms with van der Waals surface area (Å²) in [4.78, 5) is 35.6. The lowest BCUT2D eigenvalue weighted by atomic mass is 9.91. The van der Waals surface area contributed by atoms with Crippen molar-refractivity contribution in [1.29, 1.82) is 0 Å². The molecule has 6 nitrogen and oxygen atoms in total. The summed E-state index contributed by atoms with van der Waals surface area (Å²) in [7, 11) is 0. The van der Waals surface area contributed by atoms with Gasteiger partial charge in [0.2, 0.25) is 0 Å². The molecule has 138 valence electrons. The smallest absolute Gasteiger partial charge is 0.338 e. The van der Waals surface area contributed by atoms with Crippen LogP contribution in [0.15, 0.2) is 54.6 Å². The van der Waals surface area contributed by atoms with Crippen LogP contribution in [0.3, 0.4) is 0 Å². The molecule has 1 N–H and O–H groups in total. The van der Waals surface area contributed by atoms with Gasteiger partial charge in [0.25, 0.3) is 0 Å². The molecule has 1 saturated heterocycles. The number of esters is 2. The number of aliphatic hydroxyl groups excluding tert-OH is 1. The van der Waals surface area contributed by atoms with Gasteiger partial charge in [-0.1, -0.05) is 42.5 Å². The van der Waals surface area contributed by atoms with Crippen LogP contribution in [0.2, 0.25) is 0 Å². The number of aldehydes is 1. The summed E-state index contributed by atoms with van der Waals surface area (Å²) in [6.07, 6.45) is -2.40. The Morgan fingerprint density at radius 1 is 1.07 bits per heavy atom. The highest BCUT2D eigenvalue weighted by molar-refractivity contribution is 5.90. The Bertz CT molecular complexity index is 860. The highest BCUT2D eigenvalue weighted by Gasteiger charge is 2.57. The molecule has 5 atom stereocenters. The van der Waals surface area contributed by atoms with E-state index >= 15 is 0 Å². The van der Waals surface area contributed by atoms with E-state index in [4.69, 9.17) is 9.47 Å². The van der Waals surface area contributed by atoms with E-state index in [1.807, 2.05) is 42.5 Å². The summed E-state index contributed by atoms with van der Waals surface area (Å²) in [5.41, 5.74) is 2.30. The molecule has 2 unspecified atom stereocenters. The van der Waals surface area contributed by atoms with Crippen LogP contribution in [-0.2, 0) is 19.1 Å². The van der Waals surface area contributed by atoms with Crippen LogP contribution < -0.4 is 0 Å². The van der Waals surface area contributed by atoms with E-state index in [-0.39, 0.29) is 6.42 Å². The highest BCUT2D eigenvalue weighted by Crippen LogP contribution is 2.41. The van der Waals surface area contributed by atoms with Crippen molar-refractivity contribution in [2.75, 3.05) is 0 Å². The van der Waals surface area contributed by atoms with Crippen molar-refractivity contribution in [2.45, 2.75) is 24.7 Å². The predicted molar refractivity (Wildman–Crippen MR) is 94.6 cm³/mol. The molecule has 2 bridgehead atoms. The van der Waals surface area contributed by atoms with Crippen LogP contribution in [0.1, 0.15) is 16.8 Å². The minimum Gasteiger partial charge on any atom is -0.456 e. The number of aliphatic hydroxyl groups is 1. The lowest BCUT2D eigenvalue weighted by Gasteiger charge is -2.26. The second-order valence-corrected chi connectivity index (χ2v) is 6.84. The van der Waals surface area contributed by atoms with Gasteiger partial charge in [-0.15, -0.1) is 0 Å². The molecule has 1 saturated carbocycles. The zero-order chi connectivity index (χ0) is 19.0. The Kier molecular flexibility index (Phi) is 4.49. The molecule has 2 aromatic rings. The van der Waals surface area contributed by atoms with E-state index in [0.717, 1.165) is 11.1 Å². The molecule has 0 radical (unpaired) electrons. The van der Waals surface area contributed by atoms with Gasteiger partial charge < -0.3 is 19.4 Å². The van der Waals surface area contributed by atoms with Gasteiger partial charge in [-0.3, -0.25) is 4.79 Å². The van der Waals surface area contributed by atoms with Crippen molar-refractivity contribution in [2.24, 2.45) is 11.8 Å². The van der Waals surface area contributed by atoms with Crippen molar-refractivity contribution in [3.8, 4) is 11.1 Å². The van der Waals surface area contributed by atoms with E-state index in [1.54, 1.807) is 12.1 Å². The van der Waals surface area contributed by atoms with E-state index < -0.39 is 42.1 Å². The third kappa shape index (κ3) is 3.13. The van der Waals surface area contributed by atoms with Crippen LogP contribution in [0, 0.1) is 11.8 Å². The topological polar surface area (TPSA) is 89.9 Å². The average Bonchev–Trinajstić information content (AvgIpc) is 2.84. The summed E-state index contributed by atoms with van der Waals surface area (Å²) in [6, 6.07) is 16.6. The minimum atomic E-state index is -1.00. The lowest BCUT2D eigenvalue weighted by Crippen LogP contribution is -2.41. The molecule has 0 spiro atoms. The number of rotatable bonds is 4. The Labute approximate surface area is 155 Å². The van der Waals surface area contributed by atoms with Gasteiger partial charge in [0, 0.05) is 5.92 Å². The predicted octanol–water partition coefficient (Wildman–Crippen LogP) is 2.00. The minimum absolute atomic E-state index is 0.0547. The quantitative estimate of drug-likeness (QED) is 0.658. The monoisotopic (exact) mass is 366 g/mol. The van der Waals surface area contributed by atoms with Crippen molar-refractivity contribution < 1.29 is 29.0 Å². The molecule has 0 aromatic heterocycles. The maximum absolute atomic E-state index is 12.5. The SMILES string of the molecule is O=C[C@@H]1C2CC(=O)OC([C@@H]2O)[C@H]1OC(=O)c1ccc(-c2ccccc2)cc1. The van der Waals surface area contributed by atoms with Gasteiger partial charge in [0.1, 0.15) is 6.29 Å². The molecule has 0 amide bonds. The van der Waals surface area contributed by atoms with E-state index in [9.17, 15) is 19.5 Å². The van der Waals surface area contributed by atoms with Gasteiger partial charge in [-0.2, -0.15) is 0 Å². The number of hydrogen-bond donors (Lipinski definition) is 1. The van der Waals surface area contributed by atoms with Crippen LogP contribution >= 0.6 is 0 Å². The first kappa shape index (κ1) is 17.4. The Balaban J connectivity index is 1.52. The van der Waals surface area contributed by atoms with E-state index in [2.05, 4.69) is 0 Å². The van der Waals surface area contributed by atoms with Gasteiger partial charge >= 0.3 is 11.9 Å². The number of ether oxygens (including phenoxy) is 2. The van der Waals surface area contributed by atoms with Crippen LogP contribution in [0.25, 0.3) is 11.1 Å². The summed E-state index contributed by atoms with van der Waals surface area (Å²) < 4.78 is 10.6. The fourth-order valence-electron chi connectivity index (χ4n) is 3.86. The number of carbonyl (C=O) groups is 3. The fraction of sp³-hybridized carbons (Fsp3) is 0.286. The number of hydrogen-bond acceptors (Lipinski definition) is 6. The molecule has 6 heteroatoms. The van der Waals surface area contributed by atoms with Crippen LogP contribution in [-0.4, -0.2) is 41.6 Å². The van der Waals surface area contributed by atoms with Gasteiger partial charge in [0.15, 0.2) is 12.2 Å². The van der Waals surface area contributed by atoms with Gasteiger partial charge in [-0.25, -0.2) is 4.79 Å². The lowest BCUT2D eigenvalue weighted by molar-refractivity contribution is -0.168. The zero-order valence-electron chi connectivity index (χ0n) is 14.4. The largest absolute Gasteiger partial charge is 0.456 e. The summed E-state index contributed by atoms with van der Waals surface area (Å²) >= 11 is 0. The zero-order valence-corrected chi connectivity index (χ0v) is 14.4. The van der Waals surface area contributed by atoms with Gasteiger partial charge in [0.05, 0.1) is 24.0 Å². The first-order chi connectivity index (χ1) is 13.1. The summed E-state index contributed by atoms with van der Waals surface area (Å²) in [5, 5.41) is 10.2. The van der Waals surface area contributed by atoms with Crippen LogP contribution in [0.5, 0.6) is 0 Å². The molecule has 2 fully saturated rings. The number of fused-ring (bicyclic) bond motifs is 2. The number of carbonyl (C=O) groups excluding carboxylic acids is 3. The Morgan fingerprint density at radius 2 is 1.74 bits per heavy atom. The fourth-order valence-corrected chi connectivity index (χ4v) is 3.86. The maximum atomic E-state index is 12.5. The molecule has 1 heterocycles. The third-order valence-corrected chi connectivity index (χ3v) is 5.27. The maximum Gasteiger partial charge on any atom is 0.338 e. The number of benzene rings is 2. The van der Waals surface area contributed by atoms with Crippen molar-refractivity contribution in [3.63, 3.8) is 0 Å². The second kappa shape index (κ2) is 6.96. The first-order valence-electron chi connectivity index (χ1n) is 8.78. The second-order valence-electron chi connectivity index (χ2n) is 6.84. The Morgan fingerprint density at radius 3 is 2.41 bits per heavy atom. The highest BCUT2D eigenvalue weighted by atomic mass is 16.6. The molecule has 2 aromatic carbocycles. The summed E-state index contributed by atoms with van der Waals surface area (Å²) in [6.45, 7) is 0. The van der Waals surface area contributed by atoms with Gasteiger partial charge in [-0.05, 0) is 23.3 Å². The van der Waals surface area contributed by atoms with Crippen molar-refractivity contribution in [3.05, 3.63) is 60.2 Å². The Hall–Kier alpha value is -2.99.